The summed E-state index contributed by atoms with van der Waals surface area (Å²) in [5.41, 5.74) is 7.43. The number of hydrogen-bond donors (Lipinski definition) is 1. The van der Waals surface area contributed by atoms with E-state index in [9.17, 15) is 4.79 Å². The zero-order chi connectivity index (χ0) is 16.3. The Morgan fingerprint density at radius 3 is 2.59 bits per heavy atom. The Hall–Kier alpha value is -1.65. The van der Waals surface area contributed by atoms with E-state index in [1.807, 2.05) is 38.1 Å². The highest BCUT2D eigenvalue weighted by atomic mass is 35.5. The number of aryl methyl sites for hydroxylation is 2. The summed E-state index contributed by atoms with van der Waals surface area (Å²) >= 11 is 11.9. The smallest absolute Gasteiger partial charge is 0.227 e. The summed E-state index contributed by atoms with van der Waals surface area (Å²) in [5.74, 6) is -0.358. The van der Waals surface area contributed by atoms with Crippen LogP contribution in [0.4, 0.5) is 0 Å². The Kier molecular flexibility index (Phi) is 5.04. The molecule has 4 nitrogen and oxygen atoms in total. The Balaban J connectivity index is 2.28. The fourth-order valence-corrected chi connectivity index (χ4v) is 2.62. The van der Waals surface area contributed by atoms with E-state index in [4.69, 9.17) is 28.9 Å². The number of benzene rings is 1. The average molecular weight is 338 g/mol. The number of rotatable bonds is 5. The van der Waals surface area contributed by atoms with Crippen LogP contribution in [0.5, 0.6) is 0 Å². The van der Waals surface area contributed by atoms with Gasteiger partial charge in [-0.2, -0.15) is 0 Å². The summed E-state index contributed by atoms with van der Waals surface area (Å²) in [6.07, 6.45) is 2.78. The first-order valence-corrected chi connectivity index (χ1v) is 7.63. The number of nitrogens with two attached hydrogens (primary N) is 1. The van der Waals surface area contributed by atoms with Gasteiger partial charge < -0.3 is 5.73 Å². The third kappa shape index (κ3) is 3.57. The van der Waals surface area contributed by atoms with Gasteiger partial charge in [-0.15, -0.1) is 0 Å². The second-order valence-electron chi connectivity index (χ2n) is 5.58. The van der Waals surface area contributed by atoms with E-state index in [1.54, 1.807) is 0 Å². The number of halogens is 2. The molecule has 116 valence electrons. The van der Waals surface area contributed by atoms with Gasteiger partial charge in [0.1, 0.15) is 0 Å². The fourth-order valence-electron chi connectivity index (χ4n) is 2.29. The van der Waals surface area contributed by atoms with Crippen molar-refractivity contribution in [2.24, 2.45) is 5.73 Å². The van der Waals surface area contributed by atoms with Crippen LogP contribution in [0.1, 0.15) is 30.7 Å². The molecule has 0 radical (unpaired) electrons. The van der Waals surface area contributed by atoms with Crippen LogP contribution in [-0.2, 0) is 23.1 Å². The number of primary amides is 1. The molecule has 0 atom stereocenters. The molecule has 1 aromatic heterocycles. The standard InChI is InChI=1S/C16H17Cl2N3O/c1-16(2,14(19)22)11-6-4-3-5-10(11)7-8-13-12(17)9-20-15(18)21-13/h3-6,9H,7-8H2,1-2H3,(H2,19,22). The minimum atomic E-state index is -0.732. The molecule has 0 saturated heterocycles. The van der Waals surface area contributed by atoms with Gasteiger partial charge in [-0.1, -0.05) is 35.9 Å². The van der Waals surface area contributed by atoms with Gasteiger partial charge in [0, 0.05) is 0 Å². The molecule has 0 saturated carbocycles. The summed E-state index contributed by atoms with van der Waals surface area (Å²) in [4.78, 5) is 19.7. The van der Waals surface area contributed by atoms with E-state index in [0.29, 0.717) is 23.6 Å². The van der Waals surface area contributed by atoms with Crippen molar-refractivity contribution in [2.75, 3.05) is 0 Å². The molecule has 1 heterocycles. The van der Waals surface area contributed by atoms with E-state index < -0.39 is 5.41 Å². The molecule has 0 bridgehead atoms. The molecule has 6 heteroatoms. The molecule has 0 fully saturated rings. The molecule has 0 unspecified atom stereocenters. The van der Waals surface area contributed by atoms with E-state index in [2.05, 4.69) is 9.97 Å². The highest BCUT2D eigenvalue weighted by molar-refractivity contribution is 6.31. The van der Waals surface area contributed by atoms with Crippen molar-refractivity contribution < 1.29 is 4.79 Å². The lowest BCUT2D eigenvalue weighted by Crippen LogP contribution is -2.36. The molecule has 22 heavy (non-hydrogen) atoms. The Morgan fingerprint density at radius 1 is 1.23 bits per heavy atom. The summed E-state index contributed by atoms with van der Waals surface area (Å²) in [5, 5.41) is 0.654. The lowest BCUT2D eigenvalue weighted by atomic mass is 9.80. The van der Waals surface area contributed by atoms with Crippen molar-refractivity contribution in [1.29, 1.82) is 0 Å². The van der Waals surface area contributed by atoms with Crippen LogP contribution in [0.3, 0.4) is 0 Å². The minimum absolute atomic E-state index is 0.171. The predicted octanol–water partition coefficient (Wildman–Crippen LogP) is 3.33. The summed E-state index contributed by atoms with van der Waals surface area (Å²) in [6, 6.07) is 7.74. The van der Waals surface area contributed by atoms with Crippen LogP contribution < -0.4 is 5.73 Å². The molecule has 0 spiro atoms. The zero-order valence-corrected chi connectivity index (χ0v) is 13.9. The second kappa shape index (κ2) is 6.63. The third-order valence-electron chi connectivity index (χ3n) is 3.73. The van der Waals surface area contributed by atoms with Crippen molar-refractivity contribution in [2.45, 2.75) is 32.1 Å². The maximum absolute atomic E-state index is 11.7. The summed E-state index contributed by atoms with van der Waals surface area (Å²) < 4.78 is 0. The summed E-state index contributed by atoms with van der Waals surface area (Å²) in [6.45, 7) is 3.64. The van der Waals surface area contributed by atoms with Crippen molar-refractivity contribution in [3.63, 3.8) is 0 Å². The molecule has 0 aliphatic heterocycles. The average Bonchev–Trinajstić information content (AvgIpc) is 2.48. The van der Waals surface area contributed by atoms with Crippen LogP contribution >= 0.6 is 23.2 Å². The third-order valence-corrected chi connectivity index (χ3v) is 4.22. The minimum Gasteiger partial charge on any atom is -0.369 e. The van der Waals surface area contributed by atoms with Gasteiger partial charge in [0.15, 0.2) is 0 Å². The molecule has 1 aromatic carbocycles. The van der Waals surface area contributed by atoms with Gasteiger partial charge in [0.25, 0.3) is 0 Å². The van der Waals surface area contributed by atoms with Gasteiger partial charge in [-0.25, -0.2) is 9.97 Å². The first kappa shape index (κ1) is 16.7. The lowest BCUT2D eigenvalue weighted by molar-refractivity contribution is -0.122. The molecule has 0 aliphatic carbocycles. The maximum Gasteiger partial charge on any atom is 0.227 e. The van der Waals surface area contributed by atoms with Crippen LogP contribution in [0, 0.1) is 0 Å². The van der Waals surface area contributed by atoms with Gasteiger partial charge in [0.2, 0.25) is 11.2 Å². The first-order chi connectivity index (χ1) is 10.3. The van der Waals surface area contributed by atoms with Crippen LogP contribution in [0.15, 0.2) is 30.5 Å². The molecular formula is C16H17Cl2N3O. The predicted molar refractivity (Wildman–Crippen MR) is 88.1 cm³/mol. The van der Waals surface area contributed by atoms with Gasteiger partial charge in [-0.05, 0) is 49.4 Å². The number of amides is 1. The SMILES string of the molecule is CC(C)(C(N)=O)c1ccccc1CCc1nc(Cl)ncc1Cl. The lowest BCUT2D eigenvalue weighted by Gasteiger charge is -2.24. The molecular weight excluding hydrogens is 321 g/mol. The first-order valence-electron chi connectivity index (χ1n) is 6.87. The van der Waals surface area contributed by atoms with Crippen molar-refractivity contribution in [1.82, 2.24) is 9.97 Å². The molecule has 2 N–H and O–H groups in total. The molecule has 1 amide bonds. The number of hydrogen-bond acceptors (Lipinski definition) is 3. The van der Waals surface area contributed by atoms with E-state index in [1.165, 1.54) is 6.20 Å². The molecule has 2 aromatic rings. The quantitative estimate of drug-likeness (QED) is 0.850. The van der Waals surface area contributed by atoms with Gasteiger partial charge >= 0.3 is 0 Å². The Morgan fingerprint density at radius 2 is 1.91 bits per heavy atom. The maximum atomic E-state index is 11.7. The second-order valence-corrected chi connectivity index (χ2v) is 6.33. The van der Waals surface area contributed by atoms with Crippen LogP contribution in [0.25, 0.3) is 0 Å². The zero-order valence-electron chi connectivity index (χ0n) is 12.4. The van der Waals surface area contributed by atoms with Crippen LogP contribution in [0.2, 0.25) is 10.3 Å². The topological polar surface area (TPSA) is 68.9 Å². The molecule has 2 rings (SSSR count). The van der Waals surface area contributed by atoms with Crippen molar-refractivity contribution in [3.05, 3.63) is 57.6 Å². The Bertz CT molecular complexity index is 702. The van der Waals surface area contributed by atoms with E-state index in [-0.39, 0.29) is 11.2 Å². The summed E-state index contributed by atoms with van der Waals surface area (Å²) in [7, 11) is 0. The fraction of sp³-hybridized carbons (Fsp3) is 0.312. The highest BCUT2D eigenvalue weighted by Crippen LogP contribution is 2.27. The van der Waals surface area contributed by atoms with Crippen LogP contribution in [-0.4, -0.2) is 15.9 Å². The Labute approximate surface area is 139 Å². The highest BCUT2D eigenvalue weighted by Gasteiger charge is 2.29. The number of carbonyl (C=O) groups excluding carboxylic acids is 1. The largest absolute Gasteiger partial charge is 0.369 e. The van der Waals surface area contributed by atoms with Gasteiger partial charge in [0.05, 0.1) is 22.3 Å². The monoisotopic (exact) mass is 337 g/mol. The normalized spacial score (nSPS) is 11.5. The number of carbonyl (C=O) groups is 1. The van der Waals surface area contributed by atoms with Gasteiger partial charge in [-0.3, -0.25) is 4.79 Å². The molecule has 0 aliphatic rings. The van der Waals surface area contributed by atoms with E-state index in [0.717, 1.165) is 11.1 Å². The number of nitrogens with zero attached hydrogens (tertiary/aromatic N) is 2. The van der Waals surface area contributed by atoms with Crippen molar-refractivity contribution in [3.8, 4) is 0 Å². The number of aromatic nitrogens is 2. The van der Waals surface area contributed by atoms with E-state index >= 15 is 0 Å². The van der Waals surface area contributed by atoms with Crippen molar-refractivity contribution >= 4 is 29.1 Å².